The monoisotopic (exact) mass is 478 g/mol. The molecule has 0 aliphatic carbocycles. The number of amidine groups is 1. The molecule has 1 aromatic carbocycles. The number of benzene rings is 1. The number of rotatable bonds is 7. The number of halogens is 1. The molecule has 0 bridgehead atoms. The Bertz CT molecular complexity index is 1160. The van der Waals surface area contributed by atoms with Crippen molar-refractivity contribution in [3.05, 3.63) is 90.1 Å². The minimum atomic E-state index is -0.795. The first-order valence-corrected chi connectivity index (χ1v) is 11.6. The smallest absolute Gasteiger partial charge is 0.130 e. The van der Waals surface area contributed by atoms with Crippen LogP contribution in [0, 0.1) is 11.2 Å². The number of nitrogens with one attached hydrogen (secondary N) is 2. The van der Waals surface area contributed by atoms with Crippen molar-refractivity contribution in [1.29, 1.82) is 5.41 Å². The van der Waals surface area contributed by atoms with E-state index >= 15 is 0 Å². The van der Waals surface area contributed by atoms with Gasteiger partial charge in [-0.1, -0.05) is 30.9 Å². The van der Waals surface area contributed by atoms with Crippen molar-refractivity contribution < 1.29 is 14.6 Å². The fraction of sp³-hybridized carbons (Fsp3) is 0.308. The van der Waals surface area contributed by atoms with E-state index in [-0.39, 0.29) is 11.9 Å². The van der Waals surface area contributed by atoms with Gasteiger partial charge in [0.1, 0.15) is 17.5 Å². The quantitative estimate of drug-likeness (QED) is 0.237. The Hall–Kier alpha value is -3.69. The van der Waals surface area contributed by atoms with Crippen molar-refractivity contribution in [3.8, 4) is 0 Å². The summed E-state index contributed by atoms with van der Waals surface area (Å²) in [5, 5.41) is 27.8. The Kier molecular flexibility index (Phi) is 7.48. The highest BCUT2D eigenvalue weighted by molar-refractivity contribution is 5.94. The highest BCUT2D eigenvalue weighted by Crippen LogP contribution is 2.32. The van der Waals surface area contributed by atoms with Gasteiger partial charge in [-0.3, -0.25) is 5.41 Å². The molecule has 0 radical (unpaired) electrons. The molecule has 184 valence electrons. The van der Waals surface area contributed by atoms with Crippen molar-refractivity contribution >= 4 is 17.5 Å². The number of aromatic amines is 1. The van der Waals surface area contributed by atoms with Crippen molar-refractivity contribution in [1.82, 2.24) is 19.8 Å². The lowest BCUT2D eigenvalue weighted by atomic mass is 10.0. The van der Waals surface area contributed by atoms with E-state index in [2.05, 4.69) is 16.5 Å². The molecule has 2 saturated heterocycles. The van der Waals surface area contributed by atoms with Gasteiger partial charge >= 0.3 is 0 Å². The number of hydrogen-bond acceptors (Lipinski definition) is 6. The summed E-state index contributed by atoms with van der Waals surface area (Å²) in [6, 6.07) is 6.58. The zero-order valence-electron chi connectivity index (χ0n) is 19.4. The topological polar surface area (TPSA) is 125 Å². The first kappa shape index (κ1) is 24.4. The second kappa shape index (κ2) is 10.7. The number of nitrogens with two attached hydrogens (primary N) is 1. The fourth-order valence-electron chi connectivity index (χ4n) is 4.39. The number of aromatic nitrogens is 2. The molecule has 0 spiro atoms. The third kappa shape index (κ3) is 5.87. The molecule has 1 unspecified atom stereocenters. The lowest BCUT2D eigenvalue weighted by Gasteiger charge is -2.26. The summed E-state index contributed by atoms with van der Waals surface area (Å²) >= 11 is 0. The Labute approximate surface area is 204 Å². The second-order valence-electron chi connectivity index (χ2n) is 8.82. The van der Waals surface area contributed by atoms with E-state index in [9.17, 15) is 14.6 Å². The third-order valence-corrected chi connectivity index (χ3v) is 6.32. The third-order valence-electron chi connectivity index (χ3n) is 6.32. The van der Waals surface area contributed by atoms with Gasteiger partial charge in [-0.15, -0.1) is 0 Å². The summed E-state index contributed by atoms with van der Waals surface area (Å²) in [6.45, 7) is 5.38. The molecule has 8 nitrogen and oxygen atoms in total. The zero-order valence-corrected chi connectivity index (χ0v) is 19.4. The summed E-state index contributed by atoms with van der Waals surface area (Å²) in [4.78, 5) is 11.2. The fourth-order valence-corrected chi connectivity index (χ4v) is 4.39. The summed E-state index contributed by atoms with van der Waals surface area (Å²) < 4.78 is 13.7. The minimum absolute atomic E-state index is 0.00694. The van der Waals surface area contributed by atoms with Gasteiger partial charge in [0.05, 0.1) is 36.0 Å². The Morgan fingerprint density at radius 1 is 1.26 bits per heavy atom. The average Bonchev–Trinajstić information content (AvgIpc) is 3.58. The van der Waals surface area contributed by atoms with Crippen molar-refractivity contribution in [2.45, 2.75) is 31.1 Å². The van der Waals surface area contributed by atoms with Gasteiger partial charge in [0.15, 0.2) is 0 Å². The highest BCUT2D eigenvalue weighted by Gasteiger charge is 2.30. The number of H-pyrrole nitrogens is 1. The maximum atomic E-state index is 13.7. The van der Waals surface area contributed by atoms with Gasteiger partial charge in [0, 0.05) is 19.6 Å². The number of likely N-dealkylation sites (tertiary alicyclic amines) is 2. The lowest BCUT2D eigenvalue weighted by Crippen LogP contribution is -2.28. The van der Waals surface area contributed by atoms with E-state index < -0.39 is 12.2 Å². The SMILES string of the molecule is C=C(/C=C\C=C(/N)N1C[C@H](O)[C@@H](O)C1)c1cnc(/C=C\C(=N)N2CCCC2c2cccc(F)c2)[nH]1. The number of aliphatic hydroxyl groups excluding tert-OH is 2. The first-order valence-electron chi connectivity index (χ1n) is 11.6. The summed E-state index contributed by atoms with van der Waals surface area (Å²) in [6.07, 6.45) is 10.6. The number of nitrogens with zero attached hydrogens (tertiary/aromatic N) is 3. The number of aliphatic hydroxyl groups is 2. The van der Waals surface area contributed by atoms with Gasteiger partial charge in [-0.05, 0) is 54.3 Å². The van der Waals surface area contributed by atoms with Crippen molar-refractivity contribution in [2.24, 2.45) is 5.73 Å². The number of hydrogen-bond donors (Lipinski definition) is 5. The number of allylic oxidation sites excluding steroid dienone is 4. The second-order valence-corrected chi connectivity index (χ2v) is 8.82. The molecule has 1 aromatic heterocycles. The van der Waals surface area contributed by atoms with Crippen molar-refractivity contribution in [3.63, 3.8) is 0 Å². The van der Waals surface area contributed by atoms with Crippen molar-refractivity contribution in [2.75, 3.05) is 19.6 Å². The van der Waals surface area contributed by atoms with Crippen LogP contribution in [-0.2, 0) is 0 Å². The van der Waals surface area contributed by atoms with E-state index in [0.29, 0.717) is 36.1 Å². The Balaban J connectivity index is 1.34. The van der Waals surface area contributed by atoms with E-state index in [4.69, 9.17) is 11.1 Å². The normalized spacial score (nSPS) is 23.2. The maximum absolute atomic E-state index is 13.7. The van der Waals surface area contributed by atoms with Crippen LogP contribution in [0.4, 0.5) is 4.39 Å². The summed E-state index contributed by atoms with van der Waals surface area (Å²) in [7, 11) is 0. The minimum Gasteiger partial charge on any atom is -0.389 e. The van der Waals surface area contributed by atoms with Crippen LogP contribution in [0.15, 0.2) is 67.2 Å². The first-order chi connectivity index (χ1) is 16.8. The van der Waals surface area contributed by atoms with Gasteiger partial charge in [-0.25, -0.2) is 9.37 Å². The molecule has 6 N–H and O–H groups in total. The molecule has 0 saturated carbocycles. The van der Waals surface area contributed by atoms with Crippen LogP contribution in [-0.4, -0.2) is 67.7 Å². The predicted octanol–water partition coefficient (Wildman–Crippen LogP) is 2.78. The van der Waals surface area contributed by atoms with Gasteiger partial charge in [-0.2, -0.15) is 0 Å². The van der Waals surface area contributed by atoms with Crippen LogP contribution < -0.4 is 5.73 Å². The predicted molar refractivity (Wildman–Crippen MR) is 134 cm³/mol. The lowest BCUT2D eigenvalue weighted by molar-refractivity contribution is 0.0572. The Morgan fingerprint density at radius 3 is 2.77 bits per heavy atom. The summed E-state index contributed by atoms with van der Waals surface area (Å²) in [5.74, 6) is 1.14. The van der Waals surface area contributed by atoms with E-state index in [1.54, 1.807) is 53.6 Å². The summed E-state index contributed by atoms with van der Waals surface area (Å²) in [5.41, 5.74) is 8.33. The van der Waals surface area contributed by atoms with Crippen LogP contribution in [0.1, 0.15) is 36.0 Å². The van der Waals surface area contributed by atoms with Gasteiger partial charge in [0.2, 0.25) is 0 Å². The molecule has 4 rings (SSSR count). The molecule has 2 fully saturated rings. The molecular weight excluding hydrogens is 447 g/mol. The molecule has 2 aliphatic heterocycles. The number of β-amino-alcohol motifs (C(OH)–C–C–N with tert-alkyl or cyclic N) is 2. The van der Waals surface area contributed by atoms with Crippen LogP contribution in [0.25, 0.3) is 11.6 Å². The molecule has 2 aromatic rings. The highest BCUT2D eigenvalue weighted by atomic mass is 19.1. The molecule has 3 atom stereocenters. The largest absolute Gasteiger partial charge is 0.389 e. The van der Waals surface area contributed by atoms with E-state index in [1.165, 1.54) is 6.07 Å². The van der Waals surface area contributed by atoms with Gasteiger partial charge in [0.25, 0.3) is 0 Å². The molecular formula is C26H31FN6O2. The maximum Gasteiger partial charge on any atom is 0.130 e. The molecule has 9 heteroatoms. The molecule has 2 aliphatic rings. The zero-order chi connectivity index (χ0) is 24.9. The molecule has 0 amide bonds. The van der Waals surface area contributed by atoms with Crippen LogP contribution >= 0.6 is 0 Å². The molecule has 35 heavy (non-hydrogen) atoms. The number of imidazole rings is 1. The van der Waals surface area contributed by atoms with Crippen LogP contribution in [0.2, 0.25) is 0 Å². The van der Waals surface area contributed by atoms with Gasteiger partial charge < -0.3 is 30.7 Å². The standard InChI is InChI=1S/C26H31FN6O2/c1-17(5-2-9-24(28)32-15-22(34)23(35)16-32)20-14-30-26(31-20)11-10-25(29)33-12-4-8-21(33)18-6-3-7-19(27)13-18/h2-3,5-7,9-11,13-14,21-23,29,34-35H,1,4,8,12,15-16,28H2,(H,30,31)/b5-2-,11-10-,24-9+,29-25?/t21?,22-,23-/m0/s1. The van der Waals surface area contributed by atoms with E-state index in [0.717, 1.165) is 30.6 Å². The molecule has 3 heterocycles. The van der Waals surface area contributed by atoms with Crippen LogP contribution in [0.5, 0.6) is 0 Å². The Morgan fingerprint density at radius 2 is 2.03 bits per heavy atom. The van der Waals surface area contributed by atoms with E-state index in [1.807, 2.05) is 11.0 Å². The average molecular weight is 479 g/mol. The van der Waals surface area contributed by atoms with Crippen LogP contribution in [0.3, 0.4) is 0 Å².